The summed E-state index contributed by atoms with van der Waals surface area (Å²) in [5, 5.41) is 4.81. The molecule has 0 N–H and O–H groups in total. The summed E-state index contributed by atoms with van der Waals surface area (Å²) in [5.41, 5.74) is 3.64. The second kappa shape index (κ2) is 8.20. The molecule has 6 rings (SSSR count). The van der Waals surface area contributed by atoms with E-state index in [1.54, 1.807) is 17.1 Å². The fourth-order valence-corrected chi connectivity index (χ4v) is 4.73. The Morgan fingerprint density at radius 2 is 1.79 bits per heavy atom. The molecule has 0 aromatic carbocycles. The molecule has 170 valence electrons. The first kappa shape index (κ1) is 20.3. The normalized spacial score (nSPS) is 17.6. The van der Waals surface area contributed by atoms with E-state index in [9.17, 15) is 0 Å². The van der Waals surface area contributed by atoms with Gasteiger partial charge in [-0.2, -0.15) is 15.1 Å². The predicted octanol–water partition coefficient (Wildman–Crippen LogP) is 1.55. The van der Waals surface area contributed by atoms with E-state index < -0.39 is 0 Å². The monoisotopic (exact) mass is 445 g/mol. The van der Waals surface area contributed by atoms with Crippen LogP contribution in [0, 0.1) is 5.92 Å². The molecule has 0 bridgehead atoms. The van der Waals surface area contributed by atoms with Crippen molar-refractivity contribution in [1.82, 2.24) is 39.2 Å². The highest BCUT2D eigenvalue weighted by molar-refractivity contribution is 5.87. The minimum absolute atomic E-state index is 0.560. The minimum Gasteiger partial charge on any atom is -0.378 e. The first-order chi connectivity index (χ1) is 16.2. The quantitative estimate of drug-likeness (QED) is 0.457. The van der Waals surface area contributed by atoms with Gasteiger partial charge in [-0.25, -0.2) is 9.67 Å². The number of nitrogens with zero attached hydrogens (tertiary/aromatic N) is 9. The van der Waals surface area contributed by atoms with Gasteiger partial charge in [-0.3, -0.25) is 4.98 Å². The van der Waals surface area contributed by atoms with Gasteiger partial charge in [-0.1, -0.05) is 0 Å². The molecule has 2 aliphatic rings. The van der Waals surface area contributed by atoms with Gasteiger partial charge in [0.15, 0.2) is 17.0 Å². The van der Waals surface area contributed by atoms with E-state index in [0.717, 1.165) is 66.7 Å². The van der Waals surface area contributed by atoms with Crippen molar-refractivity contribution in [3.8, 4) is 17.3 Å². The van der Waals surface area contributed by atoms with Gasteiger partial charge in [-0.15, -0.1) is 0 Å². The van der Waals surface area contributed by atoms with E-state index in [4.69, 9.17) is 24.8 Å². The molecule has 6 heterocycles. The van der Waals surface area contributed by atoms with Gasteiger partial charge in [0.2, 0.25) is 0 Å². The fraction of sp³-hybridized carbons (Fsp3) is 0.435. The van der Waals surface area contributed by atoms with Crippen LogP contribution in [0.4, 0.5) is 5.82 Å². The van der Waals surface area contributed by atoms with E-state index in [2.05, 4.69) is 27.9 Å². The Hall–Kier alpha value is -3.37. The average Bonchev–Trinajstić information content (AvgIpc) is 3.43. The maximum absolute atomic E-state index is 5.57. The van der Waals surface area contributed by atoms with Crippen LogP contribution in [-0.4, -0.2) is 85.6 Å². The zero-order valence-electron chi connectivity index (χ0n) is 18.9. The van der Waals surface area contributed by atoms with Crippen LogP contribution in [0.2, 0.25) is 0 Å². The Bertz CT molecular complexity index is 1270. The van der Waals surface area contributed by atoms with E-state index in [0.29, 0.717) is 25.1 Å². The number of hydrogen-bond acceptors (Lipinski definition) is 8. The fourth-order valence-electron chi connectivity index (χ4n) is 4.73. The Kier molecular flexibility index (Phi) is 5.03. The maximum Gasteiger partial charge on any atom is 0.254 e. The van der Waals surface area contributed by atoms with E-state index in [-0.39, 0.29) is 0 Å². The van der Waals surface area contributed by atoms with Crippen LogP contribution in [-0.2, 0) is 18.2 Å². The number of hydrogen-bond donors (Lipinski definition) is 0. The zero-order chi connectivity index (χ0) is 22.4. The third-order valence-electron chi connectivity index (χ3n) is 6.42. The van der Waals surface area contributed by atoms with Crippen LogP contribution in [0.15, 0.2) is 36.8 Å². The molecule has 4 aromatic heterocycles. The first-order valence-electron chi connectivity index (χ1n) is 11.4. The lowest BCUT2D eigenvalue weighted by atomic mass is 9.96. The molecule has 0 amide bonds. The van der Waals surface area contributed by atoms with Gasteiger partial charge in [-0.05, 0) is 37.6 Å². The zero-order valence-corrected chi connectivity index (χ0v) is 18.9. The maximum atomic E-state index is 5.57. The summed E-state index contributed by atoms with van der Waals surface area (Å²) in [6.07, 6.45) is 6.50. The highest BCUT2D eigenvalue weighted by atomic mass is 16.5. The van der Waals surface area contributed by atoms with Crippen LogP contribution in [0.25, 0.3) is 28.5 Å². The van der Waals surface area contributed by atoms with Gasteiger partial charge in [0.1, 0.15) is 5.82 Å². The molecule has 2 saturated heterocycles. The van der Waals surface area contributed by atoms with Crippen LogP contribution in [0.3, 0.4) is 0 Å². The number of anilines is 1. The Labute approximate surface area is 191 Å². The summed E-state index contributed by atoms with van der Waals surface area (Å²) in [7, 11) is 4.14. The second-order valence-corrected chi connectivity index (χ2v) is 8.89. The molecule has 33 heavy (non-hydrogen) atoms. The number of aromatic nitrogens is 7. The Morgan fingerprint density at radius 3 is 2.55 bits per heavy atom. The summed E-state index contributed by atoms with van der Waals surface area (Å²) in [5.74, 6) is 2.89. The van der Waals surface area contributed by atoms with Crippen molar-refractivity contribution in [2.45, 2.75) is 6.42 Å². The van der Waals surface area contributed by atoms with Crippen molar-refractivity contribution in [3.05, 3.63) is 42.5 Å². The lowest BCUT2D eigenvalue weighted by Crippen LogP contribution is -2.44. The van der Waals surface area contributed by atoms with Crippen molar-refractivity contribution >= 4 is 17.0 Å². The standard InChI is InChI=1S/C23H27N9O/c1-29-14-16(15-29)13-18-5-8-32(28-18)23-26-21-19(22(27-23)31-9-11-33-12-10-31)25-20(30(21)2)17-3-6-24-7-4-17/h3-8,16H,9-15H2,1-2H3. The summed E-state index contributed by atoms with van der Waals surface area (Å²) in [6.45, 7) is 5.14. The van der Waals surface area contributed by atoms with Crippen molar-refractivity contribution in [2.24, 2.45) is 13.0 Å². The number of ether oxygens (including phenoxy) is 1. The smallest absolute Gasteiger partial charge is 0.254 e. The van der Waals surface area contributed by atoms with Gasteiger partial charge < -0.3 is 19.1 Å². The predicted molar refractivity (Wildman–Crippen MR) is 124 cm³/mol. The molecule has 0 spiro atoms. The molecular formula is C23H27N9O. The van der Waals surface area contributed by atoms with Gasteiger partial charge in [0.25, 0.3) is 5.95 Å². The largest absolute Gasteiger partial charge is 0.378 e. The number of aryl methyl sites for hydroxylation is 1. The van der Waals surface area contributed by atoms with Gasteiger partial charge >= 0.3 is 0 Å². The molecule has 4 aromatic rings. The summed E-state index contributed by atoms with van der Waals surface area (Å²) in [6, 6.07) is 6.00. The van der Waals surface area contributed by atoms with Crippen LogP contribution in [0.5, 0.6) is 0 Å². The SMILES string of the molecule is CN1CC(Cc2ccn(-c3nc(N4CCOCC4)c4nc(-c5ccncc5)n(C)c4n3)n2)C1. The van der Waals surface area contributed by atoms with Gasteiger partial charge in [0, 0.05) is 57.4 Å². The van der Waals surface area contributed by atoms with Crippen LogP contribution >= 0.6 is 0 Å². The second-order valence-electron chi connectivity index (χ2n) is 8.89. The van der Waals surface area contributed by atoms with E-state index >= 15 is 0 Å². The summed E-state index contributed by atoms with van der Waals surface area (Å²) < 4.78 is 9.39. The van der Waals surface area contributed by atoms with Crippen molar-refractivity contribution in [3.63, 3.8) is 0 Å². The van der Waals surface area contributed by atoms with E-state index in [1.807, 2.05) is 29.9 Å². The molecule has 2 fully saturated rings. The number of rotatable bonds is 5. The van der Waals surface area contributed by atoms with E-state index in [1.165, 1.54) is 0 Å². The Balaban J connectivity index is 1.43. The first-order valence-corrected chi connectivity index (χ1v) is 11.4. The number of morpholine rings is 1. The lowest BCUT2D eigenvalue weighted by Gasteiger charge is -2.35. The molecule has 10 nitrogen and oxygen atoms in total. The molecule has 0 aliphatic carbocycles. The number of likely N-dealkylation sites (tertiary alicyclic amines) is 1. The average molecular weight is 446 g/mol. The van der Waals surface area contributed by atoms with Gasteiger partial charge in [0.05, 0.1) is 18.9 Å². The molecule has 0 saturated carbocycles. The number of fused-ring (bicyclic) bond motifs is 1. The molecule has 2 aliphatic heterocycles. The minimum atomic E-state index is 0.560. The van der Waals surface area contributed by atoms with Crippen LogP contribution in [0.1, 0.15) is 5.69 Å². The number of pyridine rings is 1. The summed E-state index contributed by atoms with van der Waals surface area (Å²) >= 11 is 0. The number of imidazole rings is 1. The highest BCUT2D eigenvalue weighted by Crippen LogP contribution is 2.29. The summed E-state index contributed by atoms with van der Waals surface area (Å²) in [4.78, 5) is 23.5. The topological polar surface area (TPSA) is 90.0 Å². The third-order valence-corrected chi connectivity index (χ3v) is 6.42. The van der Waals surface area contributed by atoms with Crippen molar-refractivity contribution in [1.29, 1.82) is 0 Å². The molecular weight excluding hydrogens is 418 g/mol. The molecule has 0 unspecified atom stereocenters. The molecule has 10 heteroatoms. The molecule has 0 radical (unpaired) electrons. The Morgan fingerprint density at radius 1 is 1.00 bits per heavy atom. The van der Waals surface area contributed by atoms with Crippen molar-refractivity contribution < 1.29 is 4.74 Å². The molecule has 0 atom stereocenters. The third kappa shape index (κ3) is 3.75. The highest BCUT2D eigenvalue weighted by Gasteiger charge is 2.25. The van der Waals surface area contributed by atoms with Crippen molar-refractivity contribution in [2.75, 3.05) is 51.3 Å². The van der Waals surface area contributed by atoms with Crippen LogP contribution < -0.4 is 4.90 Å². The lowest BCUT2D eigenvalue weighted by molar-refractivity contribution is 0.122.